The molecule has 0 bridgehead atoms. The Bertz CT molecular complexity index is 448. The molecule has 0 aromatic heterocycles. The summed E-state index contributed by atoms with van der Waals surface area (Å²) in [6.45, 7) is 8.32. The van der Waals surface area contributed by atoms with E-state index in [4.69, 9.17) is 0 Å². The number of rotatable bonds is 12. The largest absolute Gasteiger partial charge is 0.302 e. The van der Waals surface area contributed by atoms with Gasteiger partial charge in [0, 0.05) is 19.6 Å². The van der Waals surface area contributed by atoms with Gasteiger partial charge in [0.1, 0.15) is 12.6 Å². The normalized spacial score (nSPS) is 11.1. The van der Waals surface area contributed by atoms with Crippen molar-refractivity contribution in [3.63, 3.8) is 0 Å². The van der Waals surface area contributed by atoms with Crippen LogP contribution in [0, 0.1) is 0 Å². The van der Waals surface area contributed by atoms with Gasteiger partial charge in [-0.3, -0.25) is 9.80 Å². The Hall–Kier alpha value is -1.52. The van der Waals surface area contributed by atoms with E-state index in [2.05, 4.69) is 41.0 Å². The van der Waals surface area contributed by atoms with Gasteiger partial charge in [-0.1, -0.05) is 44.5 Å². The number of benzene rings is 1. The van der Waals surface area contributed by atoms with Gasteiger partial charge < -0.3 is 9.59 Å². The molecule has 0 N–H and O–H groups in total. The van der Waals surface area contributed by atoms with Crippen molar-refractivity contribution in [2.24, 2.45) is 0 Å². The average molecular weight is 304 g/mol. The van der Waals surface area contributed by atoms with Gasteiger partial charge in [-0.2, -0.15) is 0 Å². The fourth-order valence-corrected chi connectivity index (χ4v) is 2.54. The van der Waals surface area contributed by atoms with E-state index in [0.717, 1.165) is 51.6 Å². The zero-order chi connectivity index (χ0) is 16.2. The summed E-state index contributed by atoms with van der Waals surface area (Å²) in [5.41, 5.74) is 2.59. The third-order valence-electron chi connectivity index (χ3n) is 3.78. The fraction of sp³-hybridized carbons (Fsp3) is 0.556. The van der Waals surface area contributed by atoms with Gasteiger partial charge >= 0.3 is 0 Å². The summed E-state index contributed by atoms with van der Waals surface area (Å²) >= 11 is 0. The molecule has 0 fully saturated rings. The van der Waals surface area contributed by atoms with Gasteiger partial charge in [0.05, 0.1) is 13.1 Å². The lowest BCUT2D eigenvalue weighted by molar-refractivity contribution is -0.110. The molecule has 0 aliphatic carbocycles. The van der Waals surface area contributed by atoms with Crippen molar-refractivity contribution in [1.82, 2.24) is 9.80 Å². The highest BCUT2D eigenvalue weighted by molar-refractivity contribution is 5.52. The van der Waals surface area contributed by atoms with Crippen LogP contribution in [-0.4, -0.2) is 55.1 Å². The standard InChI is InChI=1S/C18H28N2O2/c1-3-6-17-7-5-8-18(15-17)16-20(12-14-22)10-9-19(4-2)11-13-21/h5,7-8,13-15H,3-4,6,9-12,16H2,1-2H3. The second kappa shape index (κ2) is 11.1. The van der Waals surface area contributed by atoms with Crippen LogP contribution in [0.4, 0.5) is 0 Å². The minimum atomic E-state index is 0.427. The molecule has 0 amide bonds. The van der Waals surface area contributed by atoms with Crippen molar-refractivity contribution in [3.8, 4) is 0 Å². The molecule has 0 heterocycles. The Morgan fingerprint density at radius 2 is 1.59 bits per heavy atom. The molecule has 0 radical (unpaired) electrons. The molecule has 122 valence electrons. The highest BCUT2D eigenvalue weighted by Crippen LogP contribution is 2.10. The van der Waals surface area contributed by atoms with Crippen LogP contribution in [0.3, 0.4) is 0 Å². The van der Waals surface area contributed by atoms with E-state index in [1.807, 2.05) is 6.92 Å². The number of hydrogen-bond acceptors (Lipinski definition) is 4. The third kappa shape index (κ3) is 6.96. The summed E-state index contributed by atoms with van der Waals surface area (Å²) in [6.07, 6.45) is 4.11. The number of likely N-dealkylation sites (N-methyl/N-ethyl adjacent to an activating group) is 1. The average Bonchev–Trinajstić information content (AvgIpc) is 2.52. The highest BCUT2D eigenvalue weighted by Gasteiger charge is 2.09. The Balaban J connectivity index is 2.60. The maximum absolute atomic E-state index is 10.9. The van der Waals surface area contributed by atoms with Gasteiger partial charge in [0.2, 0.25) is 0 Å². The number of aryl methyl sites for hydroxylation is 1. The summed E-state index contributed by atoms with van der Waals surface area (Å²) < 4.78 is 0. The Morgan fingerprint density at radius 3 is 2.23 bits per heavy atom. The summed E-state index contributed by atoms with van der Waals surface area (Å²) in [6, 6.07) is 8.58. The number of nitrogens with zero attached hydrogens (tertiary/aromatic N) is 2. The van der Waals surface area contributed by atoms with Crippen molar-refractivity contribution >= 4 is 12.6 Å². The van der Waals surface area contributed by atoms with Crippen molar-refractivity contribution in [2.45, 2.75) is 33.2 Å². The number of carbonyl (C=O) groups is 2. The molecule has 0 saturated carbocycles. The molecule has 4 heteroatoms. The maximum Gasteiger partial charge on any atom is 0.133 e. The maximum atomic E-state index is 10.9. The van der Waals surface area contributed by atoms with Crippen molar-refractivity contribution in [3.05, 3.63) is 35.4 Å². The number of carbonyl (C=O) groups excluding carboxylic acids is 2. The first-order valence-electron chi connectivity index (χ1n) is 8.13. The van der Waals surface area contributed by atoms with E-state index in [1.165, 1.54) is 11.1 Å². The summed E-state index contributed by atoms with van der Waals surface area (Å²) in [5, 5.41) is 0. The molecule has 1 aromatic rings. The summed E-state index contributed by atoms with van der Waals surface area (Å²) in [7, 11) is 0. The molecule has 1 aromatic carbocycles. The first kappa shape index (κ1) is 18.5. The highest BCUT2D eigenvalue weighted by atomic mass is 16.1. The van der Waals surface area contributed by atoms with E-state index in [0.29, 0.717) is 13.1 Å². The van der Waals surface area contributed by atoms with Crippen LogP contribution in [0.2, 0.25) is 0 Å². The van der Waals surface area contributed by atoms with E-state index in [9.17, 15) is 9.59 Å². The minimum Gasteiger partial charge on any atom is -0.302 e. The third-order valence-corrected chi connectivity index (χ3v) is 3.78. The second-order valence-electron chi connectivity index (χ2n) is 5.53. The van der Waals surface area contributed by atoms with Gasteiger partial charge in [-0.25, -0.2) is 0 Å². The van der Waals surface area contributed by atoms with Crippen LogP contribution < -0.4 is 0 Å². The van der Waals surface area contributed by atoms with Crippen molar-refractivity contribution < 1.29 is 9.59 Å². The van der Waals surface area contributed by atoms with Gasteiger partial charge in [-0.15, -0.1) is 0 Å². The molecule has 4 nitrogen and oxygen atoms in total. The van der Waals surface area contributed by atoms with E-state index >= 15 is 0 Å². The zero-order valence-corrected chi connectivity index (χ0v) is 13.8. The monoisotopic (exact) mass is 304 g/mol. The molecule has 0 aliphatic heterocycles. The Morgan fingerprint density at radius 1 is 0.955 bits per heavy atom. The van der Waals surface area contributed by atoms with Crippen LogP contribution in [0.5, 0.6) is 0 Å². The van der Waals surface area contributed by atoms with Crippen LogP contribution in [0.15, 0.2) is 24.3 Å². The topological polar surface area (TPSA) is 40.6 Å². The van der Waals surface area contributed by atoms with Gasteiger partial charge in [-0.05, 0) is 24.1 Å². The minimum absolute atomic E-state index is 0.427. The van der Waals surface area contributed by atoms with E-state index in [1.54, 1.807) is 0 Å². The Labute approximate surface area is 134 Å². The lowest BCUT2D eigenvalue weighted by Crippen LogP contribution is -2.36. The molecule has 22 heavy (non-hydrogen) atoms. The SMILES string of the molecule is CCCc1cccc(CN(CC=O)CCN(CC)CC=O)c1. The smallest absolute Gasteiger partial charge is 0.133 e. The Kier molecular flexibility index (Phi) is 9.35. The van der Waals surface area contributed by atoms with Crippen LogP contribution in [0.1, 0.15) is 31.4 Å². The second-order valence-corrected chi connectivity index (χ2v) is 5.53. The molecule has 0 aliphatic rings. The zero-order valence-electron chi connectivity index (χ0n) is 13.8. The molecule has 0 spiro atoms. The lowest BCUT2D eigenvalue weighted by Gasteiger charge is -2.24. The predicted molar refractivity (Wildman–Crippen MR) is 90.0 cm³/mol. The lowest BCUT2D eigenvalue weighted by atomic mass is 10.1. The quantitative estimate of drug-likeness (QED) is 0.555. The molecule has 0 saturated heterocycles. The summed E-state index contributed by atoms with van der Waals surface area (Å²) in [4.78, 5) is 25.7. The van der Waals surface area contributed by atoms with Crippen LogP contribution in [-0.2, 0) is 22.6 Å². The van der Waals surface area contributed by atoms with E-state index in [-0.39, 0.29) is 0 Å². The fourth-order valence-electron chi connectivity index (χ4n) is 2.54. The van der Waals surface area contributed by atoms with Crippen LogP contribution in [0.25, 0.3) is 0 Å². The van der Waals surface area contributed by atoms with Gasteiger partial charge in [0.15, 0.2) is 0 Å². The molecule has 1 rings (SSSR count). The predicted octanol–water partition coefficient (Wildman–Crippen LogP) is 2.16. The van der Waals surface area contributed by atoms with Crippen LogP contribution >= 0.6 is 0 Å². The van der Waals surface area contributed by atoms with Crippen molar-refractivity contribution in [1.29, 1.82) is 0 Å². The number of hydrogen-bond donors (Lipinski definition) is 0. The molecular formula is C18H28N2O2. The number of aldehydes is 2. The summed E-state index contributed by atoms with van der Waals surface area (Å²) in [5.74, 6) is 0. The van der Waals surface area contributed by atoms with Gasteiger partial charge in [0.25, 0.3) is 0 Å². The van der Waals surface area contributed by atoms with E-state index < -0.39 is 0 Å². The van der Waals surface area contributed by atoms with Crippen molar-refractivity contribution in [2.75, 3.05) is 32.7 Å². The first-order chi connectivity index (χ1) is 10.7. The first-order valence-corrected chi connectivity index (χ1v) is 8.13. The molecule has 0 unspecified atom stereocenters. The molecule has 0 atom stereocenters. The molecular weight excluding hydrogens is 276 g/mol.